The number of halogens is 3. The Balaban J connectivity index is 0.00000512. The number of guanidine groups is 1. The van der Waals surface area contributed by atoms with Crippen LogP contribution in [0.25, 0.3) is 0 Å². The highest BCUT2D eigenvalue weighted by Gasteiger charge is 2.10. The van der Waals surface area contributed by atoms with Crippen LogP contribution >= 0.6 is 24.0 Å². The molecule has 32 heavy (non-hydrogen) atoms. The fraction of sp³-hybridized carbons (Fsp3) is 0.381. The number of nitrogens with one attached hydrogen (secondary N) is 3. The molecule has 0 bridgehead atoms. The van der Waals surface area contributed by atoms with Crippen LogP contribution in [0.5, 0.6) is 5.75 Å². The van der Waals surface area contributed by atoms with E-state index >= 15 is 0 Å². The molecule has 2 rings (SSSR count). The third-order valence-corrected chi connectivity index (χ3v) is 4.06. The van der Waals surface area contributed by atoms with Crippen LogP contribution in [0.3, 0.4) is 0 Å². The lowest BCUT2D eigenvalue weighted by atomic mass is 10.1. The highest BCUT2D eigenvalue weighted by molar-refractivity contribution is 14.0. The summed E-state index contributed by atoms with van der Waals surface area (Å²) in [7, 11) is 0. The van der Waals surface area contributed by atoms with Crippen LogP contribution in [-0.4, -0.2) is 48.2 Å². The lowest BCUT2D eigenvalue weighted by molar-refractivity contribution is -0.116. The van der Waals surface area contributed by atoms with Gasteiger partial charge in [-0.3, -0.25) is 9.79 Å². The van der Waals surface area contributed by atoms with Gasteiger partial charge in [-0.15, -0.1) is 24.0 Å². The Morgan fingerprint density at radius 3 is 2.53 bits per heavy atom. The normalized spacial score (nSPS) is 12.0. The number of aliphatic hydroxyl groups is 1. The molecule has 0 aliphatic rings. The van der Waals surface area contributed by atoms with Crippen molar-refractivity contribution in [3.05, 3.63) is 53.7 Å². The zero-order valence-corrected chi connectivity index (χ0v) is 20.2. The van der Waals surface area contributed by atoms with Gasteiger partial charge in [0.15, 0.2) is 5.96 Å². The van der Waals surface area contributed by atoms with E-state index in [1.165, 1.54) is 24.3 Å². The molecule has 4 N–H and O–H groups in total. The van der Waals surface area contributed by atoms with Crippen molar-refractivity contribution in [3.8, 4) is 5.75 Å². The topological polar surface area (TPSA) is 108 Å². The van der Waals surface area contributed by atoms with E-state index in [1.807, 2.05) is 26.0 Å². The van der Waals surface area contributed by atoms with E-state index in [4.69, 9.17) is 0 Å². The number of ether oxygens (including phenoxy) is 1. The lowest BCUT2D eigenvalue weighted by Crippen LogP contribution is -2.39. The van der Waals surface area contributed by atoms with Crippen molar-refractivity contribution in [1.82, 2.24) is 15.6 Å². The third kappa shape index (κ3) is 10.2. The van der Waals surface area contributed by atoms with Crippen LogP contribution < -0.4 is 20.7 Å². The number of alkyl halides is 2. The first-order valence-corrected chi connectivity index (χ1v) is 9.86. The second kappa shape index (κ2) is 14.5. The molecular weight excluding hydrogens is 535 g/mol. The number of aromatic nitrogens is 1. The second-order valence-corrected chi connectivity index (χ2v) is 6.57. The molecule has 2 aromatic rings. The summed E-state index contributed by atoms with van der Waals surface area (Å²) in [5, 5.41) is 19.1. The van der Waals surface area contributed by atoms with Crippen molar-refractivity contribution in [3.63, 3.8) is 0 Å². The molecule has 1 heterocycles. The Bertz CT molecular complexity index is 869. The molecule has 0 fully saturated rings. The van der Waals surface area contributed by atoms with Gasteiger partial charge >= 0.3 is 6.61 Å². The van der Waals surface area contributed by atoms with E-state index in [1.54, 1.807) is 6.07 Å². The summed E-state index contributed by atoms with van der Waals surface area (Å²) >= 11 is 0. The molecule has 1 aromatic heterocycles. The Hall–Kier alpha value is -2.54. The van der Waals surface area contributed by atoms with E-state index in [2.05, 4.69) is 30.7 Å². The largest absolute Gasteiger partial charge is 0.435 e. The standard InChI is InChI=1S/C21H27F2N5O3.HI/c1-3-24-21(25-12-11-19(30)28-18-6-4-5-14(2)27-18)26-13-17(29)15-7-9-16(10-8-15)31-20(22)23;/h4-10,17,20,29H,3,11-13H2,1-2H3,(H2,24,25,26)(H,27,28,30);1H. The number of hydrogen-bond donors (Lipinski definition) is 4. The number of aliphatic hydroxyl groups excluding tert-OH is 1. The highest BCUT2D eigenvalue weighted by atomic mass is 127. The van der Waals surface area contributed by atoms with Gasteiger partial charge in [0, 0.05) is 25.2 Å². The Kier molecular flexibility index (Phi) is 12.5. The quantitative estimate of drug-likeness (QED) is 0.201. The minimum atomic E-state index is -2.90. The van der Waals surface area contributed by atoms with Crippen molar-refractivity contribution >= 4 is 41.7 Å². The smallest absolute Gasteiger partial charge is 0.387 e. The molecule has 1 unspecified atom stereocenters. The maximum absolute atomic E-state index is 12.2. The van der Waals surface area contributed by atoms with E-state index in [-0.39, 0.29) is 48.6 Å². The van der Waals surface area contributed by atoms with Gasteiger partial charge in [0.1, 0.15) is 11.6 Å². The van der Waals surface area contributed by atoms with Gasteiger partial charge in [-0.25, -0.2) is 4.98 Å². The van der Waals surface area contributed by atoms with Crippen molar-refractivity contribution in [2.75, 3.05) is 25.0 Å². The first-order chi connectivity index (χ1) is 14.9. The molecule has 0 aliphatic heterocycles. The molecule has 1 amide bonds. The summed E-state index contributed by atoms with van der Waals surface area (Å²) in [6.45, 7) is 1.82. The molecule has 176 valence electrons. The van der Waals surface area contributed by atoms with Crippen LogP contribution in [0.4, 0.5) is 14.6 Å². The van der Waals surface area contributed by atoms with Gasteiger partial charge in [-0.05, 0) is 43.7 Å². The Morgan fingerprint density at radius 1 is 1.19 bits per heavy atom. The lowest BCUT2D eigenvalue weighted by Gasteiger charge is -2.14. The molecule has 0 saturated heterocycles. The number of rotatable bonds is 10. The summed E-state index contributed by atoms with van der Waals surface area (Å²) in [4.78, 5) is 20.6. The van der Waals surface area contributed by atoms with E-state index in [9.17, 15) is 18.7 Å². The van der Waals surface area contributed by atoms with E-state index in [0.717, 1.165) is 5.69 Å². The Labute approximate surface area is 202 Å². The van der Waals surface area contributed by atoms with Gasteiger partial charge in [0.25, 0.3) is 0 Å². The number of carbonyl (C=O) groups is 1. The summed E-state index contributed by atoms with van der Waals surface area (Å²) in [5.41, 5.74) is 1.33. The predicted octanol–water partition coefficient (Wildman–Crippen LogP) is 3.23. The number of pyridine rings is 1. The van der Waals surface area contributed by atoms with Gasteiger partial charge in [-0.1, -0.05) is 18.2 Å². The number of nitrogens with zero attached hydrogens (tertiary/aromatic N) is 2. The van der Waals surface area contributed by atoms with Crippen molar-refractivity contribution in [2.45, 2.75) is 33.0 Å². The maximum atomic E-state index is 12.2. The molecule has 0 saturated carbocycles. The fourth-order valence-electron chi connectivity index (χ4n) is 2.61. The van der Waals surface area contributed by atoms with Gasteiger partial charge in [0.2, 0.25) is 5.91 Å². The zero-order chi connectivity index (χ0) is 22.6. The van der Waals surface area contributed by atoms with Gasteiger partial charge < -0.3 is 25.8 Å². The SMILES string of the molecule is CCNC(=NCC(O)c1ccc(OC(F)F)cc1)NCCC(=O)Nc1cccc(C)n1.I. The van der Waals surface area contributed by atoms with E-state index in [0.29, 0.717) is 30.4 Å². The summed E-state index contributed by atoms with van der Waals surface area (Å²) in [6.07, 6.45) is -0.722. The van der Waals surface area contributed by atoms with Crippen LogP contribution in [0.2, 0.25) is 0 Å². The Morgan fingerprint density at radius 2 is 1.91 bits per heavy atom. The maximum Gasteiger partial charge on any atom is 0.387 e. The van der Waals surface area contributed by atoms with Gasteiger partial charge in [-0.2, -0.15) is 8.78 Å². The van der Waals surface area contributed by atoms with Crippen LogP contribution in [0, 0.1) is 6.92 Å². The van der Waals surface area contributed by atoms with Crippen molar-refractivity contribution in [1.29, 1.82) is 0 Å². The number of aliphatic imine (C=N–C) groups is 1. The summed E-state index contributed by atoms with van der Waals surface area (Å²) in [6, 6.07) is 11.1. The first kappa shape index (κ1) is 27.5. The van der Waals surface area contributed by atoms with Crippen LogP contribution in [0.15, 0.2) is 47.5 Å². The average molecular weight is 563 g/mol. The minimum Gasteiger partial charge on any atom is -0.435 e. The second-order valence-electron chi connectivity index (χ2n) is 6.57. The number of amides is 1. The number of carbonyl (C=O) groups excluding carboxylic acids is 1. The zero-order valence-electron chi connectivity index (χ0n) is 17.8. The molecule has 11 heteroatoms. The fourth-order valence-corrected chi connectivity index (χ4v) is 2.61. The molecule has 0 radical (unpaired) electrons. The highest BCUT2D eigenvalue weighted by Crippen LogP contribution is 2.19. The first-order valence-electron chi connectivity index (χ1n) is 9.86. The number of benzene rings is 1. The van der Waals surface area contributed by atoms with Crippen molar-refractivity contribution < 1.29 is 23.4 Å². The number of anilines is 1. The summed E-state index contributed by atoms with van der Waals surface area (Å²) < 4.78 is 28.7. The predicted molar refractivity (Wildman–Crippen MR) is 130 cm³/mol. The van der Waals surface area contributed by atoms with Crippen LogP contribution in [0.1, 0.15) is 30.7 Å². The van der Waals surface area contributed by atoms with Crippen LogP contribution in [-0.2, 0) is 4.79 Å². The molecule has 0 aliphatic carbocycles. The monoisotopic (exact) mass is 563 g/mol. The molecular formula is C21H28F2IN5O3. The minimum absolute atomic E-state index is 0. The van der Waals surface area contributed by atoms with Gasteiger partial charge in [0.05, 0.1) is 12.6 Å². The van der Waals surface area contributed by atoms with E-state index < -0.39 is 12.7 Å². The number of aryl methyl sites for hydroxylation is 1. The number of hydrogen-bond acceptors (Lipinski definition) is 5. The van der Waals surface area contributed by atoms with Crippen molar-refractivity contribution in [2.24, 2.45) is 4.99 Å². The molecule has 1 atom stereocenters. The molecule has 1 aromatic carbocycles. The average Bonchev–Trinajstić information content (AvgIpc) is 2.72. The summed E-state index contributed by atoms with van der Waals surface area (Å²) in [5.74, 6) is 0.774. The third-order valence-electron chi connectivity index (χ3n) is 4.06. The molecule has 0 spiro atoms. The molecule has 8 nitrogen and oxygen atoms in total.